The van der Waals surface area contributed by atoms with Gasteiger partial charge in [-0.1, -0.05) is 163 Å². The first kappa shape index (κ1) is 33.5. The second kappa shape index (κ2) is 14.5. The van der Waals surface area contributed by atoms with Crippen LogP contribution in [0.1, 0.15) is 39.2 Å². The molecule has 6 heteroatoms. The van der Waals surface area contributed by atoms with Crippen molar-refractivity contribution < 1.29 is 4.74 Å². The lowest BCUT2D eigenvalue weighted by Crippen LogP contribution is -2.39. The first-order valence-electron chi connectivity index (χ1n) is 17.8. The summed E-state index contributed by atoms with van der Waals surface area (Å²) in [5, 5.41) is 14.9. The van der Waals surface area contributed by atoms with Gasteiger partial charge < -0.3 is 4.74 Å². The van der Waals surface area contributed by atoms with Crippen LogP contribution in [0.2, 0.25) is 0 Å². The summed E-state index contributed by atoms with van der Waals surface area (Å²) >= 11 is 0. The predicted molar refractivity (Wildman–Crippen MR) is 212 cm³/mol. The second-order valence-electron chi connectivity index (χ2n) is 13.3. The van der Waals surface area contributed by atoms with Crippen molar-refractivity contribution in [2.75, 3.05) is 0 Å². The zero-order valence-corrected chi connectivity index (χ0v) is 30.0. The molecule has 258 valence electrons. The van der Waals surface area contributed by atoms with Crippen molar-refractivity contribution in [1.82, 2.24) is 25.2 Å². The minimum absolute atomic E-state index is 0.347. The second-order valence-corrected chi connectivity index (χ2v) is 13.3. The van der Waals surface area contributed by atoms with E-state index in [1.165, 1.54) is 5.56 Å². The van der Waals surface area contributed by atoms with E-state index in [1.807, 2.05) is 56.3 Å². The largest absolute Gasteiger partial charge is 0.488 e. The molecule has 0 atom stereocenters. The van der Waals surface area contributed by atoms with Gasteiger partial charge in [-0.05, 0) is 71.0 Å². The molecule has 8 aromatic rings. The standard InChI is InChI=1S/C47H39N5O/c1-33-24-27-38(28-25-33)45-35(3)48-34(2)30-44(45)53-32-36-26-29-42(37-16-8-4-9-17-37)43(31-36)46-49-51-52(50-46)47(39-18-10-5-11-19-39,40-20-12-6-13-21-40)41-22-14-7-15-23-41/h4-31H,32H2,1-3H3. The summed E-state index contributed by atoms with van der Waals surface area (Å²) in [6.45, 7) is 6.48. The number of aryl methyl sites for hydroxylation is 3. The van der Waals surface area contributed by atoms with Crippen molar-refractivity contribution in [3.8, 4) is 39.4 Å². The molecule has 0 amide bonds. The van der Waals surface area contributed by atoms with Gasteiger partial charge in [0, 0.05) is 28.6 Å². The van der Waals surface area contributed by atoms with Crippen LogP contribution in [0.15, 0.2) is 170 Å². The molecule has 0 aliphatic carbocycles. The van der Waals surface area contributed by atoms with Crippen LogP contribution < -0.4 is 4.74 Å². The van der Waals surface area contributed by atoms with E-state index in [0.717, 1.165) is 67.2 Å². The molecular weight excluding hydrogens is 651 g/mol. The molecular formula is C47H39N5O. The molecule has 0 aliphatic heterocycles. The van der Waals surface area contributed by atoms with E-state index in [-0.39, 0.29) is 0 Å². The lowest BCUT2D eigenvalue weighted by molar-refractivity contribution is 0.307. The van der Waals surface area contributed by atoms with Crippen molar-refractivity contribution >= 4 is 0 Å². The highest BCUT2D eigenvalue weighted by Gasteiger charge is 2.41. The molecule has 0 unspecified atom stereocenters. The van der Waals surface area contributed by atoms with Crippen molar-refractivity contribution in [2.45, 2.75) is 32.9 Å². The van der Waals surface area contributed by atoms with Gasteiger partial charge in [0.2, 0.25) is 5.82 Å². The van der Waals surface area contributed by atoms with Gasteiger partial charge >= 0.3 is 0 Å². The van der Waals surface area contributed by atoms with E-state index in [2.05, 4.69) is 134 Å². The number of pyridine rings is 1. The third-order valence-electron chi connectivity index (χ3n) is 9.72. The average Bonchev–Trinajstić information content (AvgIpc) is 3.70. The number of benzene rings is 6. The van der Waals surface area contributed by atoms with Crippen LogP contribution in [-0.2, 0) is 12.1 Å². The fourth-order valence-corrected chi connectivity index (χ4v) is 7.22. The van der Waals surface area contributed by atoms with E-state index in [0.29, 0.717) is 12.4 Å². The van der Waals surface area contributed by atoms with Crippen LogP contribution in [0.3, 0.4) is 0 Å². The van der Waals surface area contributed by atoms with Crippen LogP contribution in [0, 0.1) is 20.8 Å². The fraction of sp³-hybridized carbons (Fsp3) is 0.106. The maximum absolute atomic E-state index is 6.64. The van der Waals surface area contributed by atoms with Gasteiger partial charge in [-0.15, -0.1) is 15.0 Å². The monoisotopic (exact) mass is 689 g/mol. The Labute approximate surface area is 310 Å². The Balaban J connectivity index is 1.25. The van der Waals surface area contributed by atoms with Gasteiger partial charge in [0.25, 0.3) is 0 Å². The smallest absolute Gasteiger partial charge is 0.205 e. The highest BCUT2D eigenvalue weighted by Crippen LogP contribution is 2.41. The third kappa shape index (κ3) is 6.51. The Kier molecular flexibility index (Phi) is 9.18. The predicted octanol–water partition coefficient (Wildman–Crippen LogP) is 10.4. The van der Waals surface area contributed by atoms with Crippen LogP contribution in [0.4, 0.5) is 0 Å². The Morgan fingerprint density at radius 2 is 1.13 bits per heavy atom. The molecule has 0 fully saturated rings. The highest BCUT2D eigenvalue weighted by molar-refractivity contribution is 5.81. The highest BCUT2D eigenvalue weighted by atomic mass is 16.5. The Bertz CT molecular complexity index is 2370. The number of ether oxygens (including phenoxy) is 1. The van der Waals surface area contributed by atoms with Crippen LogP contribution in [-0.4, -0.2) is 25.2 Å². The summed E-state index contributed by atoms with van der Waals surface area (Å²) in [4.78, 5) is 6.54. The third-order valence-corrected chi connectivity index (χ3v) is 9.72. The molecule has 0 bridgehead atoms. The minimum atomic E-state index is -0.883. The number of rotatable bonds is 10. The first-order valence-corrected chi connectivity index (χ1v) is 17.8. The molecule has 6 aromatic carbocycles. The number of hydrogen-bond acceptors (Lipinski definition) is 5. The zero-order chi connectivity index (χ0) is 36.2. The van der Waals surface area contributed by atoms with Gasteiger partial charge in [0.15, 0.2) is 5.54 Å². The van der Waals surface area contributed by atoms with Crippen LogP contribution in [0.25, 0.3) is 33.6 Å². The normalized spacial score (nSPS) is 11.4. The molecule has 53 heavy (non-hydrogen) atoms. The molecule has 0 saturated carbocycles. The van der Waals surface area contributed by atoms with Gasteiger partial charge in [-0.3, -0.25) is 4.98 Å². The van der Waals surface area contributed by atoms with Crippen molar-refractivity contribution in [1.29, 1.82) is 0 Å². The molecule has 2 heterocycles. The summed E-state index contributed by atoms with van der Waals surface area (Å²) in [7, 11) is 0. The first-order chi connectivity index (χ1) is 26.0. The van der Waals surface area contributed by atoms with Crippen molar-refractivity contribution in [2.24, 2.45) is 0 Å². The Morgan fingerprint density at radius 3 is 1.72 bits per heavy atom. The topological polar surface area (TPSA) is 65.7 Å². The van der Waals surface area contributed by atoms with Crippen LogP contribution in [0.5, 0.6) is 5.75 Å². The van der Waals surface area contributed by atoms with Gasteiger partial charge in [-0.25, -0.2) is 0 Å². The van der Waals surface area contributed by atoms with E-state index < -0.39 is 5.54 Å². The lowest BCUT2D eigenvalue weighted by Gasteiger charge is -2.34. The van der Waals surface area contributed by atoms with E-state index in [9.17, 15) is 0 Å². The maximum atomic E-state index is 6.64. The molecule has 0 saturated heterocycles. The quantitative estimate of drug-likeness (QED) is 0.134. The maximum Gasteiger partial charge on any atom is 0.205 e. The minimum Gasteiger partial charge on any atom is -0.488 e. The summed E-state index contributed by atoms with van der Waals surface area (Å²) in [5.74, 6) is 1.32. The fourth-order valence-electron chi connectivity index (χ4n) is 7.22. The van der Waals surface area contributed by atoms with Gasteiger partial charge in [-0.2, -0.15) is 0 Å². The van der Waals surface area contributed by atoms with E-state index >= 15 is 0 Å². The summed E-state index contributed by atoms with van der Waals surface area (Å²) in [5.41, 5.74) is 11.3. The van der Waals surface area contributed by atoms with E-state index in [4.69, 9.17) is 25.1 Å². The Morgan fingerprint density at radius 1 is 0.566 bits per heavy atom. The summed E-state index contributed by atoms with van der Waals surface area (Å²) in [6.07, 6.45) is 0. The molecule has 0 aliphatic rings. The number of aromatic nitrogens is 5. The average molecular weight is 690 g/mol. The Hall–Kier alpha value is -6.66. The van der Waals surface area contributed by atoms with Crippen molar-refractivity contribution in [3.63, 3.8) is 0 Å². The molecule has 0 spiro atoms. The molecule has 8 rings (SSSR count). The number of tetrazole rings is 1. The van der Waals surface area contributed by atoms with Crippen molar-refractivity contribution in [3.05, 3.63) is 209 Å². The number of nitrogens with zero attached hydrogens (tertiary/aromatic N) is 5. The zero-order valence-electron chi connectivity index (χ0n) is 30.0. The van der Waals surface area contributed by atoms with Crippen LogP contribution >= 0.6 is 0 Å². The molecule has 2 aromatic heterocycles. The van der Waals surface area contributed by atoms with Gasteiger partial charge in [0.1, 0.15) is 12.4 Å². The molecule has 0 radical (unpaired) electrons. The molecule has 6 nitrogen and oxygen atoms in total. The summed E-state index contributed by atoms with van der Waals surface area (Å²) in [6, 6.07) is 58.4. The molecule has 0 N–H and O–H groups in total. The number of hydrogen-bond donors (Lipinski definition) is 0. The lowest BCUT2D eigenvalue weighted by atomic mass is 9.77. The van der Waals surface area contributed by atoms with E-state index in [1.54, 1.807) is 4.80 Å². The SMILES string of the molecule is Cc1ccc(-c2c(OCc3ccc(-c4ccccc4)c(-c4nnn(C(c5ccccc5)(c5ccccc5)c5ccccc5)n4)c3)cc(C)nc2C)cc1. The summed E-state index contributed by atoms with van der Waals surface area (Å²) < 4.78 is 6.64. The van der Waals surface area contributed by atoms with Gasteiger partial charge in [0.05, 0.1) is 0 Å².